The topological polar surface area (TPSA) is 62.3 Å². The van der Waals surface area contributed by atoms with Crippen LogP contribution in [0.1, 0.15) is 37.7 Å². The molecule has 0 radical (unpaired) electrons. The summed E-state index contributed by atoms with van der Waals surface area (Å²) in [5.41, 5.74) is 4.01. The Hall–Kier alpha value is -2.38. The third-order valence-corrected chi connectivity index (χ3v) is 8.27. The van der Waals surface area contributed by atoms with Gasteiger partial charge in [0, 0.05) is 23.8 Å². The molecule has 0 unspecified atom stereocenters. The number of benzene rings is 2. The number of fused-ring (bicyclic) bond motifs is 2. The third kappa shape index (κ3) is 4.48. The number of aromatic nitrogens is 1. The van der Waals surface area contributed by atoms with Crippen molar-refractivity contribution in [1.29, 1.82) is 0 Å². The maximum absolute atomic E-state index is 12.8. The lowest BCUT2D eigenvalue weighted by Gasteiger charge is -2.20. The molecule has 1 saturated carbocycles. The van der Waals surface area contributed by atoms with Gasteiger partial charge < -0.3 is 10.2 Å². The van der Waals surface area contributed by atoms with Gasteiger partial charge in [0.1, 0.15) is 0 Å². The zero-order valence-corrected chi connectivity index (χ0v) is 18.9. The highest BCUT2D eigenvalue weighted by molar-refractivity contribution is 8.01. The molecule has 0 saturated heterocycles. The fourth-order valence-corrected chi connectivity index (χ4v) is 6.43. The van der Waals surface area contributed by atoms with Crippen molar-refractivity contribution in [2.75, 3.05) is 22.5 Å². The summed E-state index contributed by atoms with van der Waals surface area (Å²) in [6, 6.07) is 14.0. The molecule has 1 fully saturated rings. The molecule has 2 aliphatic rings. The Morgan fingerprint density at radius 3 is 2.84 bits per heavy atom. The summed E-state index contributed by atoms with van der Waals surface area (Å²) in [5, 5.41) is 3.08. The van der Waals surface area contributed by atoms with E-state index in [1.165, 1.54) is 23.7 Å². The van der Waals surface area contributed by atoms with E-state index in [1.807, 2.05) is 41.3 Å². The number of nitrogens with one attached hydrogen (secondary N) is 1. The molecule has 5 nitrogen and oxygen atoms in total. The Balaban J connectivity index is 1.22. The minimum absolute atomic E-state index is 0.120. The minimum atomic E-state index is 0.120. The van der Waals surface area contributed by atoms with Crippen LogP contribution >= 0.6 is 23.1 Å². The summed E-state index contributed by atoms with van der Waals surface area (Å²) in [7, 11) is 0. The first-order valence-electron chi connectivity index (χ1n) is 10.9. The first-order chi connectivity index (χ1) is 15.2. The second kappa shape index (κ2) is 9.01. The Labute approximate surface area is 190 Å². The molecular weight excluding hydrogens is 426 g/mol. The fourth-order valence-electron chi connectivity index (χ4n) is 4.45. The van der Waals surface area contributed by atoms with Gasteiger partial charge in [-0.05, 0) is 49.1 Å². The highest BCUT2D eigenvalue weighted by Crippen LogP contribution is 2.33. The summed E-state index contributed by atoms with van der Waals surface area (Å²) in [5.74, 6) is 0.766. The Morgan fingerprint density at radius 2 is 1.97 bits per heavy atom. The lowest BCUT2D eigenvalue weighted by molar-refractivity contribution is -0.120. The standard InChI is InChI=1S/C24H25N3O2S2/c28-22(27-13-12-16-6-4-5-9-20(16)27)15-30-24-26-19-11-10-18(14-21(19)31-24)25-23(29)17-7-2-1-3-8-17/h4-6,9-11,14,17H,1-3,7-8,12-13,15H2,(H,25,29). The van der Waals surface area contributed by atoms with Gasteiger partial charge in [-0.1, -0.05) is 49.2 Å². The molecule has 2 aromatic carbocycles. The Morgan fingerprint density at radius 1 is 1.13 bits per heavy atom. The summed E-state index contributed by atoms with van der Waals surface area (Å²) < 4.78 is 1.91. The second-order valence-electron chi connectivity index (χ2n) is 8.20. The summed E-state index contributed by atoms with van der Waals surface area (Å²) in [6.45, 7) is 0.753. The van der Waals surface area contributed by atoms with E-state index in [2.05, 4.69) is 16.4 Å². The number of amides is 2. The van der Waals surface area contributed by atoms with Crippen molar-refractivity contribution in [1.82, 2.24) is 4.98 Å². The molecule has 0 bridgehead atoms. The average Bonchev–Trinajstić information content (AvgIpc) is 3.41. The van der Waals surface area contributed by atoms with Crippen molar-refractivity contribution < 1.29 is 9.59 Å². The zero-order chi connectivity index (χ0) is 21.2. The van der Waals surface area contributed by atoms with E-state index in [4.69, 9.17) is 0 Å². The van der Waals surface area contributed by atoms with E-state index in [-0.39, 0.29) is 17.7 Å². The van der Waals surface area contributed by atoms with Crippen LogP contribution in [-0.4, -0.2) is 29.1 Å². The highest BCUT2D eigenvalue weighted by Gasteiger charge is 2.24. The molecule has 1 aliphatic heterocycles. The molecule has 1 aliphatic carbocycles. The number of hydrogen-bond donors (Lipinski definition) is 1. The first kappa shape index (κ1) is 20.5. The molecule has 3 aromatic rings. The molecule has 1 N–H and O–H groups in total. The van der Waals surface area contributed by atoms with Gasteiger partial charge in [0.25, 0.3) is 0 Å². The lowest BCUT2D eigenvalue weighted by atomic mass is 9.88. The number of nitrogens with zero attached hydrogens (tertiary/aromatic N) is 2. The number of thiazole rings is 1. The van der Waals surface area contributed by atoms with Crippen molar-refractivity contribution in [2.24, 2.45) is 5.92 Å². The molecule has 2 amide bonds. The van der Waals surface area contributed by atoms with Crippen LogP contribution in [0.15, 0.2) is 46.8 Å². The smallest absolute Gasteiger partial charge is 0.237 e. The van der Waals surface area contributed by atoms with Crippen LogP contribution in [0.3, 0.4) is 0 Å². The van der Waals surface area contributed by atoms with Crippen LogP contribution in [0.2, 0.25) is 0 Å². The predicted octanol–water partition coefficient (Wildman–Crippen LogP) is 5.50. The van der Waals surface area contributed by atoms with E-state index >= 15 is 0 Å². The van der Waals surface area contributed by atoms with Gasteiger partial charge in [0.15, 0.2) is 4.34 Å². The van der Waals surface area contributed by atoms with Crippen molar-refractivity contribution in [3.63, 3.8) is 0 Å². The second-order valence-corrected chi connectivity index (χ2v) is 10.5. The number of carbonyl (C=O) groups is 2. The highest BCUT2D eigenvalue weighted by atomic mass is 32.2. The molecule has 0 atom stereocenters. The van der Waals surface area contributed by atoms with E-state index < -0.39 is 0 Å². The summed E-state index contributed by atoms with van der Waals surface area (Å²) >= 11 is 3.06. The van der Waals surface area contributed by atoms with Gasteiger partial charge in [-0.25, -0.2) is 4.98 Å². The van der Waals surface area contributed by atoms with Crippen LogP contribution in [0, 0.1) is 5.92 Å². The van der Waals surface area contributed by atoms with Gasteiger partial charge in [-0.3, -0.25) is 9.59 Å². The number of hydrogen-bond acceptors (Lipinski definition) is 5. The quantitative estimate of drug-likeness (QED) is 0.521. The van der Waals surface area contributed by atoms with Crippen LogP contribution in [0.5, 0.6) is 0 Å². The normalized spacial score (nSPS) is 16.5. The third-order valence-electron chi connectivity index (χ3n) is 6.12. The summed E-state index contributed by atoms with van der Waals surface area (Å²) in [6.07, 6.45) is 6.44. The Kier molecular flexibility index (Phi) is 5.96. The fraction of sp³-hybridized carbons (Fsp3) is 0.375. The molecule has 0 spiro atoms. The van der Waals surface area contributed by atoms with Crippen molar-refractivity contribution in [3.8, 4) is 0 Å². The van der Waals surface area contributed by atoms with E-state index in [0.29, 0.717) is 5.75 Å². The van der Waals surface area contributed by atoms with Gasteiger partial charge >= 0.3 is 0 Å². The largest absolute Gasteiger partial charge is 0.326 e. The van der Waals surface area contributed by atoms with Crippen LogP contribution < -0.4 is 10.2 Å². The van der Waals surface area contributed by atoms with E-state index in [0.717, 1.165) is 64.6 Å². The zero-order valence-electron chi connectivity index (χ0n) is 17.3. The van der Waals surface area contributed by atoms with Crippen LogP contribution in [0.25, 0.3) is 10.2 Å². The molecule has 160 valence electrons. The Bertz CT molecular complexity index is 1120. The van der Waals surface area contributed by atoms with Gasteiger partial charge in [-0.15, -0.1) is 11.3 Å². The molecule has 31 heavy (non-hydrogen) atoms. The predicted molar refractivity (Wildman–Crippen MR) is 128 cm³/mol. The van der Waals surface area contributed by atoms with Gasteiger partial charge in [0.05, 0.1) is 16.0 Å². The number of anilines is 2. The van der Waals surface area contributed by atoms with Crippen LogP contribution in [0.4, 0.5) is 11.4 Å². The van der Waals surface area contributed by atoms with E-state index in [1.54, 1.807) is 11.3 Å². The number of thioether (sulfide) groups is 1. The van der Waals surface area contributed by atoms with Crippen molar-refractivity contribution >= 4 is 56.5 Å². The number of rotatable bonds is 5. The molecule has 1 aromatic heterocycles. The SMILES string of the molecule is O=C(Nc1ccc2nc(SCC(=O)N3CCc4ccccc43)sc2c1)C1CCCCC1. The van der Waals surface area contributed by atoms with Gasteiger partial charge in [-0.2, -0.15) is 0 Å². The van der Waals surface area contributed by atoms with Crippen molar-refractivity contribution in [3.05, 3.63) is 48.0 Å². The van der Waals surface area contributed by atoms with E-state index in [9.17, 15) is 9.59 Å². The average molecular weight is 452 g/mol. The first-order valence-corrected chi connectivity index (χ1v) is 12.7. The van der Waals surface area contributed by atoms with Crippen molar-refractivity contribution in [2.45, 2.75) is 42.9 Å². The number of carbonyl (C=O) groups excluding carboxylic acids is 2. The minimum Gasteiger partial charge on any atom is -0.326 e. The molecule has 5 rings (SSSR count). The van der Waals surface area contributed by atoms with Gasteiger partial charge in [0.2, 0.25) is 11.8 Å². The number of para-hydroxylation sites is 1. The summed E-state index contributed by atoms with van der Waals surface area (Å²) in [4.78, 5) is 31.8. The lowest BCUT2D eigenvalue weighted by Crippen LogP contribution is -2.30. The monoisotopic (exact) mass is 451 g/mol. The maximum atomic E-state index is 12.8. The molecule has 2 heterocycles. The molecule has 7 heteroatoms. The molecular formula is C24H25N3O2S2. The maximum Gasteiger partial charge on any atom is 0.237 e. The van der Waals surface area contributed by atoms with Crippen LogP contribution in [-0.2, 0) is 16.0 Å².